The van der Waals surface area contributed by atoms with Crippen molar-refractivity contribution in [2.24, 2.45) is 5.10 Å². The van der Waals surface area contributed by atoms with Crippen LogP contribution in [0.3, 0.4) is 0 Å². The molecule has 2 amide bonds. The first-order valence-electron chi connectivity index (χ1n) is 11.9. The largest absolute Gasteiger partial charge is 0.462 e. The standard InChI is InChI=1S/C27H24BrN3O6S/c1-2-36-27(35)22-20-8-3-4-9-21(20)38-25(22)30-23(32)24(33)31-29-15-16-10-12-19(13-11-16)37-26(34)17-6-5-7-18(28)14-17/h5-7,10-15H,2-4,8-9H2,1H3,(H,30,32)(H,31,33). The van der Waals surface area contributed by atoms with E-state index in [4.69, 9.17) is 9.47 Å². The second-order valence-corrected chi connectivity index (χ2v) is 10.3. The Labute approximate surface area is 231 Å². The van der Waals surface area contributed by atoms with Crippen LogP contribution in [0.1, 0.15) is 56.5 Å². The van der Waals surface area contributed by atoms with Crippen molar-refractivity contribution in [3.8, 4) is 5.75 Å². The molecule has 1 aliphatic rings. The van der Waals surface area contributed by atoms with E-state index in [1.54, 1.807) is 49.4 Å². The number of ether oxygens (including phenoxy) is 2. The van der Waals surface area contributed by atoms with Crippen LogP contribution in [-0.2, 0) is 27.2 Å². The van der Waals surface area contributed by atoms with E-state index >= 15 is 0 Å². The van der Waals surface area contributed by atoms with Crippen molar-refractivity contribution < 1.29 is 28.7 Å². The summed E-state index contributed by atoms with van der Waals surface area (Å²) in [5.41, 5.74) is 4.40. The number of carbonyl (C=O) groups excluding carboxylic acids is 4. The van der Waals surface area contributed by atoms with E-state index in [0.717, 1.165) is 40.6 Å². The van der Waals surface area contributed by atoms with Crippen LogP contribution in [0.4, 0.5) is 5.00 Å². The van der Waals surface area contributed by atoms with Crippen LogP contribution < -0.4 is 15.5 Å². The number of benzene rings is 2. The minimum absolute atomic E-state index is 0.209. The maximum absolute atomic E-state index is 12.5. The molecular weight excluding hydrogens is 574 g/mol. The molecule has 0 unspecified atom stereocenters. The van der Waals surface area contributed by atoms with Crippen molar-refractivity contribution in [1.82, 2.24) is 5.43 Å². The van der Waals surface area contributed by atoms with E-state index in [9.17, 15) is 19.2 Å². The van der Waals surface area contributed by atoms with Gasteiger partial charge in [-0.25, -0.2) is 15.0 Å². The number of fused-ring (bicyclic) bond motifs is 1. The molecule has 0 saturated heterocycles. The second-order valence-electron chi connectivity index (χ2n) is 8.26. The molecule has 0 fully saturated rings. The van der Waals surface area contributed by atoms with Crippen molar-refractivity contribution >= 4 is 62.2 Å². The second kappa shape index (κ2) is 12.6. The maximum atomic E-state index is 12.5. The summed E-state index contributed by atoms with van der Waals surface area (Å²) in [6.45, 7) is 1.92. The number of hydrogen-bond donors (Lipinski definition) is 2. The van der Waals surface area contributed by atoms with Gasteiger partial charge in [-0.15, -0.1) is 11.3 Å². The number of esters is 2. The van der Waals surface area contributed by atoms with Gasteiger partial charge in [-0.1, -0.05) is 22.0 Å². The van der Waals surface area contributed by atoms with Gasteiger partial charge >= 0.3 is 23.8 Å². The number of hydrogen-bond acceptors (Lipinski definition) is 8. The van der Waals surface area contributed by atoms with E-state index in [1.165, 1.54) is 17.6 Å². The summed E-state index contributed by atoms with van der Waals surface area (Å²) >= 11 is 4.61. The fraction of sp³-hybridized carbons (Fsp3) is 0.222. The number of carbonyl (C=O) groups is 4. The number of rotatable bonds is 7. The number of hydrazone groups is 1. The molecule has 1 aromatic heterocycles. The Bertz CT molecular complexity index is 1400. The molecular formula is C27H24BrN3O6S. The van der Waals surface area contributed by atoms with Crippen LogP contribution in [0.2, 0.25) is 0 Å². The molecule has 0 spiro atoms. The fourth-order valence-corrected chi connectivity index (χ4v) is 5.52. The highest BCUT2D eigenvalue weighted by Gasteiger charge is 2.28. The van der Waals surface area contributed by atoms with Crippen LogP contribution in [0, 0.1) is 0 Å². The molecule has 0 aliphatic heterocycles. The topological polar surface area (TPSA) is 123 Å². The van der Waals surface area contributed by atoms with Gasteiger partial charge in [0.05, 0.1) is 23.9 Å². The van der Waals surface area contributed by atoms with Crippen molar-refractivity contribution in [2.75, 3.05) is 11.9 Å². The monoisotopic (exact) mass is 597 g/mol. The molecule has 196 valence electrons. The van der Waals surface area contributed by atoms with Crippen LogP contribution in [0.15, 0.2) is 58.1 Å². The van der Waals surface area contributed by atoms with Crippen LogP contribution >= 0.6 is 27.3 Å². The Morgan fingerprint density at radius 3 is 2.53 bits per heavy atom. The highest BCUT2D eigenvalue weighted by atomic mass is 79.9. The van der Waals surface area contributed by atoms with Gasteiger partial charge in [-0.2, -0.15) is 5.10 Å². The lowest BCUT2D eigenvalue weighted by Gasteiger charge is -2.12. The smallest absolute Gasteiger partial charge is 0.343 e. The molecule has 0 saturated carbocycles. The predicted molar refractivity (Wildman–Crippen MR) is 147 cm³/mol. The summed E-state index contributed by atoms with van der Waals surface area (Å²) in [4.78, 5) is 50.6. The van der Waals surface area contributed by atoms with E-state index < -0.39 is 23.8 Å². The molecule has 2 N–H and O–H groups in total. The van der Waals surface area contributed by atoms with Crippen LogP contribution in [-0.4, -0.2) is 36.6 Å². The van der Waals surface area contributed by atoms with E-state index in [-0.39, 0.29) is 6.61 Å². The van der Waals surface area contributed by atoms with Crippen LogP contribution in [0.5, 0.6) is 5.75 Å². The molecule has 38 heavy (non-hydrogen) atoms. The molecule has 3 aromatic rings. The average molecular weight is 598 g/mol. The summed E-state index contributed by atoms with van der Waals surface area (Å²) in [5.74, 6) is -2.59. The van der Waals surface area contributed by atoms with Crippen molar-refractivity contribution in [2.45, 2.75) is 32.6 Å². The Kier molecular flexibility index (Phi) is 9.03. The van der Waals surface area contributed by atoms with Crippen molar-refractivity contribution in [1.29, 1.82) is 0 Å². The van der Waals surface area contributed by atoms with Gasteiger partial charge in [0, 0.05) is 9.35 Å². The summed E-state index contributed by atoms with van der Waals surface area (Å²) in [6, 6.07) is 13.3. The minimum Gasteiger partial charge on any atom is -0.462 e. The van der Waals surface area contributed by atoms with Gasteiger partial charge in [0.15, 0.2) is 0 Å². The third-order valence-electron chi connectivity index (χ3n) is 5.61. The number of nitrogens with one attached hydrogen (secondary N) is 2. The molecule has 0 atom stereocenters. The summed E-state index contributed by atoms with van der Waals surface area (Å²) in [7, 11) is 0. The molecule has 0 bridgehead atoms. The lowest BCUT2D eigenvalue weighted by Crippen LogP contribution is -2.32. The zero-order valence-electron chi connectivity index (χ0n) is 20.4. The zero-order valence-corrected chi connectivity index (χ0v) is 22.8. The molecule has 2 aromatic carbocycles. The number of anilines is 1. The molecule has 9 nitrogen and oxygen atoms in total. The SMILES string of the molecule is CCOC(=O)c1c(NC(=O)C(=O)NN=Cc2ccc(OC(=O)c3cccc(Br)c3)cc2)sc2c1CCCC2. The normalized spacial score (nSPS) is 12.5. The lowest BCUT2D eigenvalue weighted by atomic mass is 9.95. The number of nitrogens with zero attached hydrogens (tertiary/aromatic N) is 1. The highest BCUT2D eigenvalue weighted by Crippen LogP contribution is 2.38. The van der Waals surface area contributed by atoms with Gasteiger partial charge < -0.3 is 14.8 Å². The van der Waals surface area contributed by atoms with Crippen molar-refractivity contribution in [3.05, 3.63) is 80.1 Å². The fourth-order valence-electron chi connectivity index (χ4n) is 3.85. The number of aryl methyl sites for hydroxylation is 1. The first kappa shape index (κ1) is 27.2. The quantitative estimate of drug-likeness (QED) is 0.132. The molecule has 0 radical (unpaired) electrons. The first-order valence-corrected chi connectivity index (χ1v) is 13.5. The Balaban J connectivity index is 1.34. The highest BCUT2D eigenvalue weighted by molar-refractivity contribution is 9.10. The number of halogens is 1. The molecule has 4 rings (SSSR count). The van der Waals surface area contributed by atoms with Crippen LogP contribution in [0.25, 0.3) is 0 Å². The average Bonchev–Trinajstić information content (AvgIpc) is 3.27. The number of thiophene rings is 1. The minimum atomic E-state index is -0.984. The Morgan fingerprint density at radius 2 is 1.79 bits per heavy atom. The summed E-state index contributed by atoms with van der Waals surface area (Å²) < 4.78 is 11.3. The third-order valence-corrected chi connectivity index (χ3v) is 7.32. The van der Waals surface area contributed by atoms with E-state index in [0.29, 0.717) is 27.4 Å². The molecule has 1 heterocycles. The summed E-state index contributed by atoms with van der Waals surface area (Å²) in [6.07, 6.45) is 4.86. The lowest BCUT2D eigenvalue weighted by molar-refractivity contribution is -0.136. The van der Waals surface area contributed by atoms with Gasteiger partial charge in [-0.05, 0) is 86.2 Å². The van der Waals surface area contributed by atoms with E-state index in [2.05, 4.69) is 31.8 Å². The van der Waals surface area contributed by atoms with Gasteiger partial charge in [0.2, 0.25) is 0 Å². The van der Waals surface area contributed by atoms with Gasteiger partial charge in [0.25, 0.3) is 0 Å². The Hall–Kier alpha value is -3.83. The molecule has 1 aliphatic carbocycles. The van der Waals surface area contributed by atoms with Gasteiger partial charge in [0.1, 0.15) is 10.8 Å². The van der Waals surface area contributed by atoms with Gasteiger partial charge in [-0.3, -0.25) is 9.59 Å². The van der Waals surface area contributed by atoms with Crippen molar-refractivity contribution in [3.63, 3.8) is 0 Å². The zero-order chi connectivity index (χ0) is 27.1. The van der Waals surface area contributed by atoms with E-state index in [1.807, 2.05) is 6.07 Å². The summed E-state index contributed by atoms with van der Waals surface area (Å²) in [5, 5.41) is 6.67. The maximum Gasteiger partial charge on any atom is 0.343 e. The number of amides is 2. The first-order chi connectivity index (χ1) is 18.4. The predicted octanol–water partition coefficient (Wildman–Crippen LogP) is 4.87. The Morgan fingerprint density at radius 1 is 1.03 bits per heavy atom. The third kappa shape index (κ3) is 6.73. The molecule has 11 heteroatoms.